The first kappa shape index (κ1) is 14.7. The number of ether oxygens (including phenoxy) is 2. The number of furan rings is 1. The van der Waals surface area contributed by atoms with Crippen LogP contribution in [0.5, 0.6) is 11.7 Å². The molecule has 0 aliphatic rings. The molecule has 1 heterocycles. The van der Waals surface area contributed by atoms with E-state index in [-0.39, 0.29) is 5.95 Å². The molecule has 0 bridgehead atoms. The third-order valence-electron chi connectivity index (χ3n) is 2.52. The lowest BCUT2D eigenvalue weighted by atomic mass is 10.2. The average molecular weight is 278 g/mol. The Bertz CT molecular complexity index is 539. The van der Waals surface area contributed by atoms with Crippen LogP contribution in [0.15, 0.2) is 28.7 Å². The average Bonchev–Trinajstić information content (AvgIpc) is 2.79. The molecule has 0 aliphatic carbocycles. The van der Waals surface area contributed by atoms with Crippen molar-refractivity contribution in [2.45, 2.75) is 13.3 Å². The molecule has 0 aliphatic heterocycles. The van der Waals surface area contributed by atoms with Crippen LogP contribution in [0.1, 0.15) is 13.3 Å². The zero-order valence-electron chi connectivity index (χ0n) is 11.2. The van der Waals surface area contributed by atoms with Crippen molar-refractivity contribution in [1.29, 1.82) is 0 Å². The summed E-state index contributed by atoms with van der Waals surface area (Å²) in [6, 6.07) is 6.66. The van der Waals surface area contributed by atoms with Crippen molar-refractivity contribution in [3.8, 4) is 11.7 Å². The molecular formula is C13H15BO6-2. The number of hydrogen-bond donors (Lipinski definition) is 0. The molecule has 0 saturated heterocycles. The molecule has 0 atom stereocenters. The van der Waals surface area contributed by atoms with Crippen LogP contribution in [-0.4, -0.2) is 27.1 Å². The predicted molar refractivity (Wildman–Crippen MR) is 69.2 cm³/mol. The number of fused-ring (bicyclic) bond motifs is 1. The summed E-state index contributed by atoms with van der Waals surface area (Å²) in [7, 11) is -2.40. The normalized spacial score (nSPS) is 10.8. The van der Waals surface area contributed by atoms with Crippen LogP contribution in [0.4, 0.5) is 0 Å². The van der Waals surface area contributed by atoms with Gasteiger partial charge in [0.1, 0.15) is 25.3 Å². The van der Waals surface area contributed by atoms with Gasteiger partial charge in [-0.15, -0.1) is 0 Å². The molecule has 7 heteroatoms. The van der Waals surface area contributed by atoms with Crippen molar-refractivity contribution in [3.05, 3.63) is 24.3 Å². The van der Waals surface area contributed by atoms with E-state index >= 15 is 0 Å². The zero-order valence-corrected chi connectivity index (χ0v) is 11.2. The lowest BCUT2D eigenvalue weighted by Gasteiger charge is -2.24. The molecule has 2 rings (SSSR count). The van der Waals surface area contributed by atoms with Gasteiger partial charge in [0.25, 0.3) is 5.95 Å². The van der Waals surface area contributed by atoms with Crippen molar-refractivity contribution >= 4 is 18.3 Å². The molecule has 0 unspecified atom stereocenters. The smallest absolute Gasteiger partial charge is 0.264 e. The number of hydrogen-bond acceptors (Lipinski definition) is 6. The molecule has 2 aromatic rings. The second-order valence-electron chi connectivity index (χ2n) is 4.13. The van der Waals surface area contributed by atoms with Gasteiger partial charge in [-0.3, -0.25) is 0 Å². The van der Waals surface area contributed by atoms with Gasteiger partial charge in [0.05, 0.1) is 6.61 Å². The van der Waals surface area contributed by atoms with Crippen LogP contribution in [0.25, 0.3) is 11.0 Å². The van der Waals surface area contributed by atoms with E-state index < -0.39 is 7.32 Å². The first-order valence-electron chi connectivity index (χ1n) is 6.41. The summed E-state index contributed by atoms with van der Waals surface area (Å²) in [5.74, 6) is 0.573. The molecule has 108 valence electrons. The quantitative estimate of drug-likeness (QED) is 0.510. The van der Waals surface area contributed by atoms with Crippen LogP contribution in [0.3, 0.4) is 0 Å². The van der Waals surface area contributed by atoms with Crippen molar-refractivity contribution < 1.29 is 28.6 Å². The highest BCUT2D eigenvalue weighted by Crippen LogP contribution is 2.28. The highest BCUT2D eigenvalue weighted by atomic mass is 16.7. The van der Waals surface area contributed by atoms with Gasteiger partial charge in [-0.05, 0) is 24.6 Å². The molecule has 0 amide bonds. The van der Waals surface area contributed by atoms with Crippen molar-refractivity contribution in [1.82, 2.24) is 0 Å². The fourth-order valence-corrected chi connectivity index (χ4v) is 1.70. The van der Waals surface area contributed by atoms with Gasteiger partial charge >= 0.3 is 0 Å². The fourth-order valence-electron chi connectivity index (χ4n) is 1.70. The highest BCUT2D eigenvalue weighted by molar-refractivity contribution is 6.29. The lowest BCUT2D eigenvalue weighted by Crippen LogP contribution is -2.50. The molecule has 0 saturated carbocycles. The fraction of sp³-hybridized carbons (Fsp3) is 0.385. The molecule has 0 radical (unpaired) electrons. The van der Waals surface area contributed by atoms with Crippen LogP contribution in [-0.2, 0) is 4.74 Å². The second kappa shape index (κ2) is 7.18. The number of benzene rings is 1. The van der Waals surface area contributed by atoms with Gasteiger partial charge in [0.2, 0.25) is 0 Å². The van der Waals surface area contributed by atoms with Crippen molar-refractivity contribution in [2.75, 3.05) is 19.8 Å². The van der Waals surface area contributed by atoms with E-state index in [2.05, 4.69) is 4.65 Å². The summed E-state index contributed by atoms with van der Waals surface area (Å²) in [6.45, 7) is 3.74. The standard InChI is InChI=1S/C13H15BO6/c1-2-5-17-6-7-18-11-3-4-12-10(8-11)9-13(19-12)20-14(15)16/h3-4,8-9H,2,5-7H2,1H3/q-2. The first-order valence-corrected chi connectivity index (χ1v) is 6.41. The van der Waals surface area contributed by atoms with Gasteiger partial charge in [-0.2, -0.15) is 0 Å². The van der Waals surface area contributed by atoms with E-state index in [0.29, 0.717) is 29.9 Å². The third kappa shape index (κ3) is 4.16. The summed E-state index contributed by atoms with van der Waals surface area (Å²) in [6.07, 6.45) is 0.976. The molecule has 0 N–H and O–H groups in total. The Balaban J connectivity index is 1.94. The number of rotatable bonds is 8. The SMILES string of the molecule is CCCOCCOc1ccc2oc(OB([O-])[O-])cc2c1. The molecule has 1 aromatic carbocycles. The van der Waals surface area contributed by atoms with E-state index in [1.165, 1.54) is 6.07 Å². The summed E-state index contributed by atoms with van der Waals surface area (Å²) in [5, 5.41) is 21.5. The minimum Gasteiger partial charge on any atom is -0.860 e. The Labute approximate surface area is 117 Å². The van der Waals surface area contributed by atoms with Crippen LogP contribution >= 0.6 is 0 Å². The van der Waals surface area contributed by atoms with E-state index in [1.807, 2.05) is 6.92 Å². The summed E-state index contributed by atoms with van der Waals surface area (Å²) in [4.78, 5) is 0. The van der Waals surface area contributed by atoms with Gasteiger partial charge in [-0.25, -0.2) is 0 Å². The molecule has 20 heavy (non-hydrogen) atoms. The summed E-state index contributed by atoms with van der Waals surface area (Å²) >= 11 is 0. The first-order chi connectivity index (χ1) is 9.69. The highest BCUT2D eigenvalue weighted by Gasteiger charge is 2.05. The molecular weight excluding hydrogens is 263 g/mol. The second-order valence-corrected chi connectivity index (χ2v) is 4.13. The van der Waals surface area contributed by atoms with Crippen molar-refractivity contribution in [2.24, 2.45) is 0 Å². The van der Waals surface area contributed by atoms with Gasteiger partial charge in [-0.1, -0.05) is 6.92 Å². The maximum atomic E-state index is 10.4. The Hall–Kier alpha value is -1.70. The maximum absolute atomic E-state index is 10.4. The minimum absolute atomic E-state index is 0.0848. The lowest BCUT2D eigenvalue weighted by molar-refractivity contribution is -0.373. The molecule has 1 aromatic heterocycles. The third-order valence-corrected chi connectivity index (χ3v) is 2.52. The Kier molecular flexibility index (Phi) is 5.28. The Morgan fingerprint density at radius 3 is 2.75 bits per heavy atom. The van der Waals surface area contributed by atoms with E-state index in [0.717, 1.165) is 13.0 Å². The Morgan fingerprint density at radius 1 is 1.15 bits per heavy atom. The Morgan fingerprint density at radius 2 is 2.00 bits per heavy atom. The minimum atomic E-state index is -2.40. The van der Waals surface area contributed by atoms with E-state index in [1.54, 1.807) is 18.2 Å². The van der Waals surface area contributed by atoms with Crippen LogP contribution < -0.4 is 19.4 Å². The predicted octanol–water partition coefficient (Wildman–Crippen LogP) is 0.322. The van der Waals surface area contributed by atoms with Crippen LogP contribution in [0.2, 0.25) is 0 Å². The largest absolute Gasteiger partial charge is 0.860 e. The van der Waals surface area contributed by atoms with Crippen molar-refractivity contribution in [3.63, 3.8) is 0 Å². The monoisotopic (exact) mass is 278 g/mol. The van der Waals surface area contributed by atoms with Gasteiger partial charge < -0.3 is 28.6 Å². The topological polar surface area (TPSA) is 87.0 Å². The molecule has 0 spiro atoms. The maximum Gasteiger partial charge on any atom is 0.264 e. The summed E-state index contributed by atoms with van der Waals surface area (Å²) in [5.41, 5.74) is 0.523. The zero-order chi connectivity index (χ0) is 14.4. The van der Waals surface area contributed by atoms with E-state index in [4.69, 9.17) is 13.9 Å². The van der Waals surface area contributed by atoms with Gasteiger partial charge in [0, 0.05) is 18.1 Å². The molecule has 0 fully saturated rings. The van der Waals surface area contributed by atoms with E-state index in [9.17, 15) is 10.0 Å². The summed E-state index contributed by atoms with van der Waals surface area (Å²) < 4.78 is 20.4. The van der Waals surface area contributed by atoms with Crippen LogP contribution in [0, 0.1) is 0 Å². The molecule has 6 nitrogen and oxygen atoms in total. The van der Waals surface area contributed by atoms with Gasteiger partial charge in [0.15, 0.2) is 0 Å².